The molecule has 0 rings (SSSR count). The highest BCUT2D eigenvalue weighted by molar-refractivity contribution is 7.85. The third-order valence-corrected chi connectivity index (χ3v) is 8.19. The normalized spacial score (nSPS) is 16.6. The van der Waals surface area contributed by atoms with Crippen LogP contribution in [0.15, 0.2) is 0 Å². The van der Waals surface area contributed by atoms with Crippen LogP contribution in [0, 0.1) is 0 Å². The maximum Gasteiger partial charge on any atom is 0.460 e. The number of hydrogen-bond acceptors (Lipinski definition) is 5. The van der Waals surface area contributed by atoms with E-state index in [9.17, 15) is 114 Å². The fourth-order valence-corrected chi connectivity index (χ4v) is 5.27. The minimum absolute atomic E-state index is 0.930. The van der Waals surface area contributed by atoms with Gasteiger partial charge >= 0.3 is 59.5 Å². The van der Waals surface area contributed by atoms with Crippen LogP contribution in [0.25, 0.3) is 0 Å². The van der Waals surface area contributed by atoms with Gasteiger partial charge in [-0.15, -0.1) is 0 Å². The van der Waals surface area contributed by atoms with Crippen molar-refractivity contribution in [3.05, 3.63) is 0 Å². The van der Waals surface area contributed by atoms with E-state index in [0.717, 1.165) is 13.8 Å². The smallest absolute Gasteiger partial charge is 0.460 e. The maximum atomic E-state index is 14.0. The monoisotopic (exact) mass is 802 g/mol. The van der Waals surface area contributed by atoms with Crippen molar-refractivity contribution in [2.75, 3.05) is 17.3 Å². The first-order valence-electron chi connectivity index (χ1n) is 11.5. The van der Waals surface area contributed by atoms with Crippen molar-refractivity contribution >= 4 is 26.8 Å². The van der Waals surface area contributed by atoms with Crippen molar-refractivity contribution < 1.29 is 114 Å². The summed E-state index contributed by atoms with van der Waals surface area (Å²) in [5.74, 6) is -84.1. The zero-order valence-electron chi connectivity index (χ0n) is 22.8. The molecule has 288 valence electrons. The van der Waals surface area contributed by atoms with Gasteiger partial charge in [0.2, 0.25) is 5.91 Å². The first-order valence-corrected chi connectivity index (χ1v) is 14.6. The Morgan fingerprint density at radius 1 is 0.583 bits per heavy atom. The van der Waals surface area contributed by atoms with Gasteiger partial charge in [-0.3, -0.25) is 9.00 Å². The van der Waals surface area contributed by atoms with Gasteiger partial charge in [-0.25, -0.2) is 8.42 Å². The molecule has 6 nitrogen and oxygen atoms in total. The van der Waals surface area contributed by atoms with Gasteiger partial charge in [-0.1, -0.05) is 0 Å². The van der Waals surface area contributed by atoms with Crippen molar-refractivity contribution in [3.63, 3.8) is 0 Å². The van der Waals surface area contributed by atoms with Crippen molar-refractivity contribution in [2.45, 2.75) is 91.7 Å². The molecule has 1 amide bonds. The lowest BCUT2D eigenvalue weighted by Gasteiger charge is -2.44. The van der Waals surface area contributed by atoms with E-state index in [1.54, 1.807) is 0 Å². The molecule has 0 aliphatic carbocycles. The van der Waals surface area contributed by atoms with Gasteiger partial charge in [0.1, 0.15) is 0 Å². The molecule has 29 heteroatoms. The molecule has 0 radical (unpaired) electrons. The first kappa shape index (κ1) is 46.1. The van der Waals surface area contributed by atoms with Crippen molar-refractivity contribution in [1.82, 2.24) is 5.32 Å². The standard InChI is InChI=1S/C19H18F21NO5S2/c1-9(2,7-48(44,45)46)41-8(42)3-5-47(43)6-4-10(20,21)11(22,23)12(24,25)13(26,27)14(28,29)15(30,31)16(32,33)17(34,35)18(36,37)19(38,39)40/h3-7H2,1-2H3,(H,41,42)(H,44,45,46)/p-1. The average Bonchev–Trinajstić information content (AvgIpc) is 2.82. The second kappa shape index (κ2) is 13.0. The number of hydrogen-bond donors (Lipinski definition) is 1. The molecule has 0 fully saturated rings. The average molecular weight is 802 g/mol. The van der Waals surface area contributed by atoms with Crippen molar-refractivity contribution in [2.24, 2.45) is 0 Å². The summed E-state index contributed by atoms with van der Waals surface area (Å²) in [5, 5.41) is 1.83. The molecule has 0 aliphatic heterocycles. The van der Waals surface area contributed by atoms with E-state index in [0.29, 0.717) is 0 Å². The fraction of sp³-hybridized carbons (Fsp3) is 0.947. The molecule has 0 bridgehead atoms. The van der Waals surface area contributed by atoms with Gasteiger partial charge in [-0.05, 0) is 13.8 Å². The van der Waals surface area contributed by atoms with Crippen LogP contribution in [0.1, 0.15) is 26.7 Å². The van der Waals surface area contributed by atoms with Crippen LogP contribution in [0.3, 0.4) is 0 Å². The summed E-state index contributed by atoms with van der Waals surface area (Å²) in [7, 11) is -8.07. The Bertz CT molecular complexity index is 1310. The van der Waals surface area contributed by atoms with Crippen LogP contribution in [0.2, 0.25) is 0 Å². The number of amides is 1. The molecule has 0 aromatic heterocycles. The molecular weight excluding hydrogens is 785 g/mol. The van der Waals surface area contributed by atoms with E-state index >= 15 is 0 Å². The minimum Gasteiger partial charge on any atom is -0.748 e. The van der Waals surface area contributed by atoms with Gasteiger partial charge in [-0.2, -0.15) is 92.2 Å². The highest BCUT2D eigenvalue weighted by atomic mass is 32.2. The van der Waals surface area contributed by atoms with E-state index in [2.05, 4.69) is 0 Å². The molecule has 0 saturated heterocycles. The Labute approximate surface area is 255 Å². The second-order valence-electron chi connectivity index (χ2n) is 10.3. The van der Waals surface area contributed by atoms with E-state index in [4.69, 9.17) is 0 Å². The molecule has 0 heterocycles. The number of nitrogens with one attached hydrogen (secondary N) is 1. The molecule has 0 aromatic rings. The lowest BCUT2D eigenvalue weighted by atomic mass is 9.86. The summed E-state index contributed by atoms with van der Waals surface area (Å²) in [5.41, 5.74) is -1.84. The van der Waals surface area contributed by atoms with Crippen LogP contribution < -0.4 is 5.32 Å². The predicted octanol–water partition coefficient (Wildman–Crippen LogP) is 6.24. The number of rotatable bonds is 17. The molecule has 0 spiro atoms. The predicted molar refractivity (Wildman–Crippen MR) is 114 cm³/mol. The zero-order chi connectivity index (χ0) is 39.4. The van der Waals surface area contributed by atoms with E-state index in [-0.39, 0.29) is 0 Å². The largest absolute Gasteiger partial charge is 0.748 e. The van der Waals surface area contributed by atoms with Crippen molar-refractivity contribution in [1.29, 1.82) is 0 Å². The number of carbonyl (C=O) groups excluding carboxylic acids is 1. The Morgan fingerprint density at radius 3 is 1.21 bits per heavy atom. The van der Waals surface area contributed by atoms with Crippen LogP contribution >= 0.6 is 0 Å². The topological polar surface area (TPSA) is 103 Å². The molecule has 48 heavy (non-hydrogen) atoms. The maximum absolute atomic E-state index is 14.0. The van der Waals surface area contributed by atoms with Crippen molar-refractivity contribution in [3.8, 4) is 0 Å². The lowest BCUT2D eigenvalue weighted by molar-refractivity contribution is -0.474. The molecule has 1 unspecified atom stereocenters. The summed E-state index contributed by atoms with van der Waals surface area (Å²) < 4.78 is 325. The van der Waals surface area contributed by atoms with Gasteiger partial charge in [0, 0.05) is 40.7 Å². The number of halogens is 21. The first-order chi connectivity index (χ1) is 20.5. The molecule has 0 aliphatic rings. The third-order valence-electron chi connectivity index (χ3n) is 5.79. The lowest BCUT2D eigenvalue weighted by Crippen LogP contribution is -2.76. The van der Waals surface area contributed by atoms with Crippen LogP contribution in [-0.2, 0) is 25.7 Å². The second-order valence-corrected chi connectivity index (χ2v) is 13.4. The summed E-state index contributed by atoms with van der Waals surface area (Å²) in [6.07, 6.45) is -12.3. The van der Waals surface area contributed by atoms with E-state index in [1.165, 1.54) is 0 Å². The van der Waals surface area contributed by atoms with Crippen LogP contribution in [0.4, 0.5) is 92.2 Å². The molecular formula is C19H17F21NO5S2-. The molecule has 1 N–H and O–H groups in total. The summed E-state index contributed by atoms with van der Waals surface area (Å²) >= 11 is 0. The number of alkyl halides is 21. The fourth-order valence-electron chi connectivity index (χ4n) is 3.22. The van der Waals surface area contributed by atoms with Gasteiger partial charge in [0.25, 0.3) is 0 Å². The van der Waals surface area contributed by atoms with Gasteiger partial charge < -0.3 is 9.87 Å². The number of carbonyl (C=O) groups is 1. The molecule has 0 saturated carbocycles. The van der Waals surface area contributed by atoms with Gasteiger partial charge in [0.05, 0.1) is 15.9 Å². The molecule has 0 aromatic carbocycles. The Hall–Kier alpha value is -1.94. The highest BCUT2D eigenvalue weighted by Gasteiger charge is 2.97. The quantitative estimate of drug-likeness (QED) is 0.139. The Morgan fingerprint density at radius 2 is 0.896 bits per heavy atom. The summed E-state index contributed by atoms with van der Waals surface area (Å²) in [6.45, 7) is 1.86. The van der Waals surface area contributed by atoms with E-state index < -0.39 is 122 Å². The Balaban J connectivity index is 6.29. The van der Waals surface area contributed by atoms with Gasteiger partial charge in [0.15, 0.2) is 0 Å². The van der Waals surface area contributed by atoms with Crippen LogP contribution in [0.5, 0.6) is 0 Å². The third kappa shape index (κ3) is 8.00. The summed E-state index contributed by atoms with van der Waals surface area (Å²) in [4.78, 5) is 11.7. The SMILES string of the molecule is CC(C)(CS(=O)(=O)[O-])NC(=O)CCS(=O)CCC(F)(F)C(F)(F)C(F)(F)C(F)(F)C(F)(F)C(F)(F)C(F)(F)C(F)(F)C(F)(F)C(F)(F)F. The van der Waals surface area contributed by atoms with E-state index in [1.807, 2.05) is 5.32 Å². The van der Waals surface area contributed by atoms with Crippen LogP contribution in [-0.4, -0.2) is 105 Å². The Kier molecular flexibility index (Phi) is 12.5. The molecule has 1 atom stereocenters. The minimum atomic E-state index is -9.29. The zero-order valence-corrected chi connectivity index (χ0v) is 24.5. The summed E-state index contributed by atoms with van der Waals surface area (Å²) in [6, 6.07) is 0. The highest BCUT2D eigenvalue weighted by Crippen LogP contribution is 2.66.